The average Bonchev–Trinajstić information content (AvgIpc) is 2.08. The lowest BCUT2D eigenvalue weighted by molar-refractivity contribution is 0.582. The molecule has 0 fully saturated rings. The Kier molecular flexibility index (Phi) is 3.52. The predicted octanol–water partition coefficient (Wildman–Crippen LogP) is 2.66. The normalized spacial score (nSPS) is 12.7. The molecule has 0 aromatic heterocycles. The Morgan fingerprint density at radius 3 is 2.50 bits per heavy atom. The van der Waals surface area contributed by atoms with Gasteiger partial charge in [-0.1, -0.05) is 12.1 Å². The van der Waals surface area contributed by atoms with Crippen LogP contribution >= 0.6 is 0 Å². The van der Waals surface area contributed by atoms with Crippen LogP contribution in [-0.2, 0) is 0 Å². The number of benzene rings is 1. The van der Waals surface area contributed by atoms with Crippen LogP contribution < -0.4 is 11.1 Å². The second-order valence-corrected chi connectivity index (χ2v) is 4.72. The van der Waals surface area contributed by atoms with Crippen LogP contribution in [0.2, 0.25) is 0 Å². The molecule has 0 amide bonds. The second-order valence-electron chi connectivity index (χ2n) is 4.72. The van der Waals surface area contributed by atoms with E-state index in [-0.39, 0.29) is 17.3 Å². The number of nitrogens with zero attached hydrogens (tertiary/aromatic N) is 1. The highest BCUT2D eigenvalue weighted by molar-refractivity contribution is 5.93. The Labute approximate surface area is 95.6 Å². The van der Waals surface area contributed by atoms with Crippen LogP contribution in [0.4, 0.5) is 10.1 Å². The number of anilines is 1. The zero-order valence-corrected chi connectivity index (χ0v) is 10.1. The van der Waals surface area contributed by atoms with Crippen molar-refractivity contribution in [1.82, 2.24) is 0 Å². The van der Waals surface area contributed by atoms with Crippen LogP contribution in [-0.4, -0.2) is 11.5 Å². The molecule has 0 saturated heterocycles. The molecule has 0 atom stereocenters. The van der Waals surface area contributed by atoms with Gasteiger partial charge in [0.25, 0.3) is 0 Å². The fourth-order valence-corrected chi connectivity index (χ4v) is 1.31. The van der Waals surface area contributed by atoms with Gasteiger partial charge in [-0.25, -0.2) is 9.38 Å². The number of para-hydroxylation sites is 1. The van der Waals surface area contributed by atoms with Crippen LogP contribution in [0, 0.1) is 12.7 Å². The molecule has 88 valence electrons. The number of halogens is 1. The minimum absolute atomic E-state index is 0.223. The van der Waals surface area contributed by atoms with Gasteiger partial charge >= 0.3 is 0 Å². The van der Waals surface area contributed by atoms with Gasteiger partial charge in [0.15, 0.2) is 5.96 Å². The average molecular weight is 223 g/mol. The van der Waals surface area contributed by atoms with Gasteiger partial charge < -0.3 is 11.1 Å². The quantitative estimate of drug-likeness (QED) is 0.568. The van der Waals surface area contributed by atoms with Crippen molar-refractivity contribution in [3.05, 3.63) is 29.6 Å². The van der Waals surface area contributed by atoms with E-state index in [2.05, 4.69) is 10.3 Å². The summed E-state index contributed by atoms with van der Waals surface area (Å²) in [7, 11) is 0. The number of aliphatic imine (C=N–C) groups is 1. The molecule has 1 rings (SSSR count). The molecular formula is C12H18FN3. The highest BCUT2D eigenvalue weighted by Gasteiger charge is 2.10. The lowest BCUT2D eigenvalue weighted by atomic mass is 10.1. The summed E-state index contributed by atoms with van der Waals surface area (Å²) >= 11 is 0. The zero-order valence-electron chi connectivity index (χ0n) is 10.1. The fraction of sp³-hybridized carbons (Fsp3) is 0.417. The maximum absolute atomic E-state index is 13.5. The van der Waals surface area contributed by atoms with Crippen molar-refractivity contribution in [1.29, 1.82) is 0 Å². The SMILES string of the molecule is Cc1cccc(F)c1NC(N)=NC(C)(C)C. The number of nitrogens with one attached hydrogen (secondary N) is 1. The number of guanidine groups is 1. The molecule has 0 bridgehead atoms. The van der Waals surface area contributed by atoms with E-state index in [0.717, 1.165) is 5.56 Å². The predicted molar refractivity (Wildman–Crippen MR) is 66.1 cm³/mol. The van der Waals surface area contributed by atoms with Crippen LogP contribution in [0.25, 0.3) is 0 Å². The minimum Gasteiger partial charge on any atom is -0.370 e. The molecule has 0 aliphatic carbocycles. The molecule has 1 aromatic carbocycles. The first-order valence-corrected chi connectivity index (χ1v) is 5.17. The van der Waals surface area contributed by atoms with Crippen molar-refractivity contribution in [2.45, 2.75) is 33.2 Å². The molecule has 0 radical (unpaired) electrons. The topological polar surface area (TPSA) is 50.4 Å². The third-order valence-corrected chi connectivity index (χ3v) is 1.93. The van der Waals surface area contributed by atoms with Gasteiger partial charge in [-0.05, 0) is 39.3 Å². The van der Waals surface area contributed by atoms with Crippen molar-refractivity contribution in [3.63, 3.8) is 0 Å². The van der Waals surface area contributed by atoms with E-state index in [1.54, 1.807) is 6.07 Å². The Hall–Kier alpha value is -1.58. The van der Waals surface area contributed by atoms with Gasteiger partial charge in [-0.3, -0.25) is 0 Å². The number of hydrogen-bond acceptors (Lipinski definition) is 1. The summed E-state index contributed by atoms with van der Waals surface area (Å²) in [5.41, 5.74) is 6.60. The molecule has 4 heteroatoms. The van der Waals surface area contributed by atoms with E-state index >= 15 is 0 Å². The molecule has 0 aliphatic rings. The Morgan fingerprint density at radius 2 is 2.00 bits per heavy atom. The summed E-state index contributed by atoms with van der Waals surface area (Å²) < 4.78 is 13.5. The summed E-state index contributed by atoms with van der Waals surface area (Å²) in [6.07, 6.45) is 0. The van der Waals surface area contributed by atoms with E-state index in [9.17, 15) is 4.39 Å². The second kappa shape index (κ2) is 4.51. The lowest BCUT2D eigenvalue weighted by Crippen LogP contribution is -2.28. The highest BCUT2D eigenvalue weighted by atomic mass is 19.1. The van der Waals surface area contributed by atoms with Crippen molar-refractivity contribution in [2.75, 3.05) is 5.32 Å². The van der Waals surface area contributed by atoms with E-state index in [1.165, 1.54) is 6.07 Å². The summed E-state index contributed by atoms with van der Waals surface area (Å²) in [4.78, 5) is 4.20. The van der Waals surface area contributed by atoms with Crippen molar-refractivity contribution in [2.24, 2.45) is 10.7 Å². The molecule has 0 saturated carbocycles. The molecule has 0 heterocycles. The third-order valence-electron chi connectivity index (χ3n) is 1.93. The molecular weight excluding hydrogens is 205 g/mol. The first kappa shape index (κ1) is 12.5. The number of aryl methyl sites for hydroxylation is 1. The van der Waals surface area contributed by atoms with Crippen LogP contribution in [0.15, 0.2) is 23.2 Å². The number of nitrogens with two attached hydrogens (primary N) is 1. The highest BCUT2D eigenvalue weighted by Crippen LogP contribution is 2.18. The van der Waals surface area contributed by atoms with Gasteiger partial charge in [0, 0.05) is 0 Å². The Balaban J connectivity index is 2.93. The maximum atomic E-state index is 13.5. The fourth-order valence-electron chi connectivity index (χ4n) is 1.31. The van der Waals surface area contributed by atoms with Crippen molar-refractivity contribution >= 4 is 11.6 Å². The van der Waals surface area contributed by atoms with Crippen LogP contribution in [0.1, 0.15) is 26.3 Å². The summed E-state index contributed by atoms with van der Waals surface area (Å²) in [5.74, 6) is -0.104. The van der Waals surface area contributed by atoms with Gasteiger partial charge in [0.1, 0.15) is 5.82 Å². The van der Waals surface area contributed by atoms with Crippen molar-refractivity contribution < 1.29 is 4.39 Å². The Morgan fingerprint density at radius 1 is 1.38 bits per heavy atom. The first-order chi connectivity index (χ1) is 7.29. The summed E-state index contributed by atoms with van der Waals surface area (Å²) in [6.45, 7) is 7.59. The van der Waals surface area contributed by atoms with Gasteiger partial charge in [-0.15, -0.1) is 0 Å². The first-order valence-electron chi connectivity index (χ1n) is 5.17. The van der Waals surface area contributed by atoms with Gasteiger partial charge in [0.2, 0.25) is 0 Å². The largest absolute Gasteiger partial charge is 0.370 e. The van der Waals surface area contributed by atoms with E-state index < -0.39 is 0 Å². The summed E-state index contributed by atoms with van der Waals surface area (Å²) in [6, 6.07) is 4.86. The standard InChI is InChI=1S/C12H18FN3/c1-8-6-5-7-9(13)10(8)15-11(14)16-12(2,3)4/h5-7H,1-4H3,(H3,14,15,16). The molecule has 3 N–H and O–H groups in total. The van der Waals surface area contributed by atoms with Crippen molar-refractivity contribution in [3.8, 4) is 0 Å². The smallest absolute Gasteiger partial charge is 0.193 e. The molecule has 0 unspecified atom stereocenters. The van der Waals surface area contributed by atoms with E-state index in [0.29, 0.717) is 5.69 Å². The van der Waals surface area contributed by atoms with Gasteiger partial charge in [-0.2, -0.15) is 0 Å². The molecule has 0 aliphatic heterocycles. The lowest BCUT2D eigenvalue weighted by Gasteiger charge is -2.15. The van der Waals surface area contributed by atoms with Crippen LogP contribution in [0.5, 0.6) is 0 Å². The molecule has 0 spiro atoms. The maximum Gasteiger partial charge on any atom is 0.193 e. The van der Waals surface area contributed by atoms with E-state index in [1.807, 2.05) is 33.8 Å². The molecule has 1 aromatic rings. The van der Waals surface area contributed by atoms with Gasteiger partial charge in [0.05, 0.1) is 11.2 Å². The number of rotatable bonds is 1. The van der Waals surface area contributed by atoms with Crippen LogP contribution in [0.3, 0.4) is 0 Å². The molecule has 16 heavy (non-hydrogen) atoms. The van der Waals surface area contributed by atoms with E-state index in [4.69, 9.17) is 5.73 Å². The Bertz CT molecular complexity index is 385. The summed E-state index contributed by atoms with van der Waals surface area (Å²) in [5, 5.41) is 2.79. The zero-order chi connectivity index (χ0) is 12.3. The third kappa shape index (κ3) is 3.53. The minimum atomic E-state index is -0.327. The number of hydrogen-bond donors (Lipinski definition) is 2. The molecule has 3 nitrogen and oxygen atoms in total. The monoisotopic (exact) mass is 223 g/mol.